The number of carbonyl (C=O) groups is 1. The summed E-state index contributed by atoms with van der Waals surface area (Å²) in [7, 11) is 0. The van der Waals surface area contributed by atoms with Crippen LogP contribution in [0.2, 0.25) is 0 Å². The Labute approximate surface area is 143 Å². The van der Waals surface area contributed by atoms with Crippen molar-refractivity contribution in [1.82, 2.24) is 0 Å². The van der Waals surface area contributed by atoms with Crippen LogP contribution >= 0.6 is 34.8 Å². The highest BCUT2D eigenvalue weighted by molar-refractivity contribution is 14.1. The molecule has 3 nitrogen and oxygen atoms in total. The molecule has 108 valence electrons. The molecule has 2 rings (SSSR count). The summed E-state index contributed by atoms with van der Waals surface area (Å²) in [6.45, 7) is 0.476. The van der Waals surface area contributed by atoms with Crippen molar-refractivity contribution in [3.05, 3.63) is 63.7 Å². The molecule has 2 aromatic rings. The van der Waals surface area contributed by atoms with Crippen LogP contribution in [0.5, 0.6) is 0 Å². The van der Waals surface area contributed by atoms with Crippen molar-refractivity contribution in [3.63, 3.8) is 0 Å². The summed E-state index contributed by atoms with van der Waals surface area (Å²) in [4.78, 5) is 14.8. The molecular weight excluding hydrogens is 395 g/mol. The number of nitrogens with zero attached hydrogens (tertiary/aromatic N) is 1. The summed E-state index contributed by atoms with van der Waals surface area (Å²) < 4.78 is 1.10. The number of carbonyl (C=O) groups excluding carboxylic acids is 1. The van der Waals surface area contributed by atoms with Crippen LogP contribution in [-0.2, 0) is 0 Å². The fraction of sp³-hybridized carbons (Fsp3) is 0.125. The Morgan fingerprint density at radius 2 is 1.71 bits per heavy atom. The van der Waals surface area contributed by atoms with Crippen LogP contribution in [0.4, 0.5) is 5.69 Å². The smallest absolute Gasteiger partial charge is 0.258 e. The predicted octanol–water partition coefficient (Wildman–Crippen LogP) is 3.61. The number of hydrogen-bond acceptors (Lipinski definition) is 2. The van der Waals surface area contributed by atoms with E-state index in [4.69, 9.17) is 18.0 Å². The van der Waals surface area contributed by atoms with E-state index < -0.39 is 0 Å². The van der Waals surface area contributed by atoms with Gasteiger partial charge in [-0.05, 0) is 59.0 Å². The van der Waals surface area contributed by atoms with Gasteiger partial charge in [0.25, 0.3) is 5.91 Å². The fourth-order valence-corrected chi connectivity index (χ4v) is 2.38. The van der Waals surface area contributed by atoms with Gasteiger partial charge in [0.1, 0.15) is 0 Å². The third kappa shape index (κ3) is 4.50. The maximum absolute atomic E-state index is 12.7. The van der Waals surface area contributed by atoms with E-state index in [0.717, 1.165) is 9.26 Å². The van der Waals surface area contributed by atoms with E-state index in [2.05, 4.69) is 22.6 Å². The molecule has 2 N–H and O–H groups in total. The Hall–Kier alpha value is -1.47. The highest BCUT2D eigenvalue weighted by Gasteiger charge is 2.17. The molecule has 0 aliphatic heterocycles. The summed E-state index contributed by atoms with van der Waals surface area (Å²) in [6, 6.07) is 17.1. The predicted molar refractivity (Wildman–Crippen MR) is 98.7 cm³/mol. The van der Waals surface area contributed by atoms with Crippen LogP contribution < -0.4 is 10.6 Å². The van der Waals surface area contributed by atoms with E-state index in [-0.39, 0.29) is 5.91 Å². The first-order valence-corrected chi connectivity index (χ1v) is 7.97. The van der Waals surface area contributed by atoms with Crippen LogP contribution in [-0.4, -0.2) is 17.4 Å². The molecule has 0 aromatic heterocycles. The van der Waals surface area contributed by atoms with Gasteiger partial charge in [-0.2, -0.15) is 0 Å². The van der Waals surface area contributed by atoms with Crippen molar-refractivity contribution < 1.29 is 4.79 Å². The third-order valence-electron chi connectivity index (χ3n) is 2.99. The fourth-order valence-electron chi connectivity index (χ4n) is 1.93. The van der Waals surface area contributed by atoms with Crippen molar-refractivity contribution >= 4 is 51.4 Å². The summed E-state index contributed by atoms with van der Waals surface area (Å²) in [5.41, 5.74) is 7.07. The third-order valence-corrected chi connectivity index (χ3v) is 3.91. The molecule has 0 heterocycles. The molecule has 0 atom stereocenters. The Bertz CT molecular complexity index is 628. The number of halogens is 1. The minimum absolute atomic E-state index is 0.0474. The van der Waals surface area contributed by atoms with Crippen LogP contribution in [0.1, 0.15) is 16.8 Å². The molecule has 0 aliphatic rings. The summed E-state index contributed by atoms with van der Waals surface area (Å²) in [5.74, 6) is -0.0474. The lowest BCUT2D eigenvalue weighted by Gasteiger charge is -2.22. The molecule has 0 spiro atoms. The molecule has 0 saturated carbocycles. The number of nitrogens with two attached hydrogens (primary N) is 1. The minimum atomic E-state index is -0.0474. The lowest BCUT2D eigenvalue weighted by molar-refractivity contribution is 0.0987. The number of amides is 1. The number of para-hydroxylation sites is 1. The van der Waals surface area contributed by atoms with Crippen molar-refractivity contribution in [1.29, 1.82) is 0 Å². The highest BCUT2D eigenvalue weighted by Crippen LogP contribution is 2.18. The largest absolute Gasteiger partial charge is 0.393 e. The molecule has 21 heavy (non-hydrogen) atoms. The van der Waals surface area contributed by atoms with Crippen molar-refractivity contribution in [3.8, 4) is 0 Å². The first-order chi connectivity index (χ1) is 10.1. The first-order valence-electron chi connectivity index (χ1n) is 6.48. The van der Waals surface area contributed by atoms with E-state index >= 15 is 0 Å². The standard InChI is InChI=1S/C16H15IN2OS/c17-13-8-6-12(7-9-13)16(20)19(11-10-15(18)21)14-4-2-1-3-5-14/h1-9H,10-11H2,(H2,18,21). The van der Waals surface area contributed by atoms with Crippen LogP contribution in [0, 0.1) is 3.57 Å². The molecular formula is C16H15IN2OS. The molecule has 0 unspecified atom stereocenters. The Morgan fingerprint density at radius 1 is 1.10 bits per heavy atom. The Balaban J connectivity index is 2.28. The van der Waals surface area contributed by atoms with Crippen LogP contribution in [0.15, 0.2) is 54.6 Å². The van der Waals surface area contributed by atoms with Gasteiger partial charge in [0.05, 0.1) is 4.99 Å². The first kappa shape index (κ1) is 15.9. The second-order valence-electron chi connectivity index (χ2n) is 4.52. The van der Waals surface area contributed by atoms with Gasteiger partial charge in [0.15, 0.2) is 0 Å². The van der Waals surface area contributed by atoms with E-state index in [1.165, 1.54) is 0 Å². The lowest BCUT2D eigenvalue weighted by atomic mass is 10.1. The average Bonchev–Trinajstić information content (AvgIpc) is 2.49. The number of anilines is 1. The van der Waals surface area contributed by atoms with Crippen molar-refractivity contribution in [2.75, 3.05) is 11.4 Å². The average molecular weight is 410 g/mol. The van der Waals surface area contributed by atoms with Gasteiger partial charge < -0.3 is 10.6 Å². The van der Waals surface area contributed by atoms with Gasteiger partial charge in [0, 0.05) is 27.8 Å². The zero-order valence-corrected chi connectivity index (χ0v) is 14.3. The van der Waals surface area contributed by atoms with Crippen LogP contribution in [0.3, 0.4) is 0 Å². The normalized spacial score (nSPS) is 10.1. The van der Waals surface area contributed by atoms with Gasteiger partial charge in [0.2, 0.25) is 0 Å². The number of thiocarbonyl (C=S) groups is 1. The SMILES string of the molecule is NC(=S)CCN(C(=O)c1ccc(I)cc1)c1ccccc1. The van der Waals surface area contributed by atoms with Crippen molar-refractivity contribution in [2.45, 2.75) is 6.42 Å². The Morgan fingerprint density at radius 3 is 2.29 bits per heavy atom. The topological polar surface area (TPSA) is 46.3 Å². The number of rotatable bonds is 5. The van der Waals surface area contributed by atoms with Gasteiger partial charge in [-0.15, -0.1) is 0 Å². The molecule has 0 fully saturated rings. The summed E-state index contributed by atoms with van der Waals surface area (Å²) in [6.07, 6.45) is 0.500. The molecule has 0 saturated heterocycles. The van der Waals surface area contributed by atoms with Gasteiger partial charge in [-0.25, -0.2) is 0 Å². The van der Waals surface area contributed by atoms with Crippen molar-refractivity contribution in [2.24, 2.45) is 5.73 Å². The molecule has 5 heteroatoms. The monoisotopic (exact) mass is 410 g/mol. The minimum Gasteiger partial charge on any atom is -0.393 e. The summed E-state index contributed by atoms with van der Waals surface area (Å²) >= 11 is 7.14. The van der Waals surface area contributed by atoms with Gasteiger partial charge in [-0.3, -0.25) is 4.79 Å². The molecule has 0 radical (unpaired) electrons. The lowest BCUT2D eigenvalue weighted by Crippen LogP contribution is -2.33. The molecule has 0 bridgehead atoms. The Kier molecular flexibility index (Phi) is 5.69. The van der Waals surface area contributed by atoms with Gasteiger partial charge >= 0.3 is 0 Å². The number of benzene rings is 2. The zero-order valence-electron chi connectivity index (χ0n) is 11.3. The quantitative estimate of drug-likeness (QED) is 0.605. The second kappa shape index (κ2) is 7.51. The number of hydrogen-bond donors (Lipinski definition) is 1. The van der Waals surface area contributed by atoms with Crippen LogP contribution in [0.25, 0.3) is 0 Å². The maximum atomic E-state index is 12.7. The highest BCUT2D eigenvalue weighted by atomic mass is 127. The van der Waals surface area contributed by atoms with E-state index in [0.29, 0.717) is 23.5 Å². The summed E-state index contributed by atoms with van der Waals surface area (Å²) in [5, 5.41) is 0. The molecule has 1 amide bonds. The van der Waals surface area contributed by atoms with E-state index in [9.17, 15) is 4.79 Å². The molecule has 0 aliphatic carbocycles. The maximum Gasteiger partial charge on any atom is 0.258 e. The van der Waals surface area contributed by atoms with E-state index in [1.807, 2.05) is 54.6 Å². The second-order valence-corrected chi connectivity index (χ2v) is 6.29. The zero-order chi connectivity index (χ0) is 15.2. The van der Waals surface area contributed by atoms with E-state index in [1.54, 1.807) is 4.90 Å². The van der Waals surface area contributed by atoms with Gasteiger partial charge in [-0.1, -0.05) is 30.4 Å². The molecule has 2 aromatic carbocycles.